The molecule has 44 heavy (non-hydrogen) atoms. The number of nitrogens with one attached hydrogen (secondary N) is 2. The Morgan fingerprint density at radius 3 is 2.52 bits per heavy atom. The first-order valence-electron chi connectivity index (χ1n) is 14.6. The van der Waals surface area contributed by atoms with Crippen LogP contribution in [0.25, 0.3) is 21.7 Å². The highest BCUT2D eigenvalue weighted by Gasteiger charge is 2.59. The molecule has 226 valence electrons. The number of aromatic nitrogens is 5. The number of benzene rings is 2. The standard InChI is InChI=1S/C33H33ClN8O.ClH/c1-32(2,3)18-36-27-23-9-6-10-25(34)28(23)37-30(24(27)16-35)38-29(26-17-42(40-39-26)33-13-19(14-33)15-33)21-7-5-8-22-20(21)11-12-41(4)31(22)43;/h5-12,17,19,29H,13-15,18H2,1-4H3,(H2,36,37,38);1H/t19?,29-,33?;/m0./s1. The van der Waals surface area contributed by atoms with Crippen molar-refractivity contribution in [2.24, 2.45) is 18.4 Å². The molecule has 0 saturated heterocycles. The molecule has 3 saturated carbocycles. The number of pyridine rings is 2. The van der Waals surface area contributed by atoms with E-state index in [1.165, 1.54) is 0 Å². The van der Waals surface area contributed by atoms with Crippen LogP contribution in [0.2, 0.25) is 5.02 Å². The molecule has 3 heterocycles. The van der Waals surface area contributed by atoms with Crippen LogP contribution in [0.3, 0.4) is 0 Å². The zero-order chi connectivity index (χ0) is 30.1. The fraction of sp³-hybridized carbons (Fsp3) is 0.364. The van der Waals surface area contributed by atoms with Crippen LogP contribution in [0.1, 0.15) is 62.9 Å². The van der Waals surface area contributed by atoms with E-state index in [0.29, 0.717) is 45.2 Å². The van der Waals surface area contributed by atoms with Crippen LogP contribution in [0.5, 0.6) is 0 Å². The number of fused-ring (bicyclic) bond motifs is 2. The summed E-state index contributed by atoms with van der Waals surface area (Å²) >= 11 is 6.68. The van der Waals surface area contributed by atoms with Crippen LogP contribution in [-0.2, 0) is 12.6 Å². The number of para-hydroxylation sites is 1. The minimum absolute atomic E-state index is 0. The topological polar surface area (TPSA) is 113 Å². The lowest BCUT2D eigenvalue weighted by atomic mass is 9.50. The summed E-state index contributed by atoms with van der Waals surface area (Å²) in [6.07, 6.45) is 7.16. The molecular formula is C33H34Cl2N8O. The Labute approximate surface area is 266 Å². The first-order valence-corrected chi connectivity index (χ1v) is 15.0. The van der Waals surface area contributed by atoms with Gasteiger partial charge in [-0.25, -0.2) is 9.67 Å². The van der Waals surface area contributed by atoms with E-state index in [2.05, 4.69) is 47.8 Å². The highest BCUT2D eigenvalue weighted by atomic mass is 35.5. The van der Waals surface area contributed by atoms with Gasteiger partial charge in [-0.3, -0.25) is 4.79 Å². The molecule has 2 bridgehead atoms. The van der Waals surface area contributed by atoms with Gasteiger partial charge in [-0.1, -0.05) is 61.9 Å². The summed E-state index contributed by atoms with van der Waals surface area (Å²) in [5.74, 6) is 1.17. The first kappa shape index (κ1) is 29.9. The summed E-state index contributed by atoms with van der Waals surface area (Å²) in [7, 11) is 1.74. The Balaban J connectivity index is 0.00000343. The second-order valence-electron chi connectivity index (χ2n) is 13.3. The van der Waals surface area contributed by atoms with Crippen molar-refractivity contribution in [1.29, 1.82) is 5.26 Å². The largest absolute Gasteiger partial charge is 0.383 e. The number of rotatable bonds is 7. The van der Waals surface area contributed by atoms with Crippen LogP contribution < -0.4 is 16.2 Å². The van der Waals surface area contributed by atoms with E-state index in [0.717, 1.165) is 41.5 Å². The normalized spacial score (nSPS) is 19.4. The third kappa shape index (κ3) is 4.86. The van der Waals surface area contributed by atoms with Gasteiger partial charge < -0.3 is 15.2 Å². The van der Waals surface area contributed by atoms with Crippen molar-refractivity contribution in [3.8, 4) is 6.07 Å². The lowest BCUT2D eigenvalue weighted by molar-refractivity contribution is -0.0989. The summed E-state index contributed by atoms with van der Waals surface area (Å²) in [5.41, 5.74) is 3.11. The number of hydrogen-bond donors (Lipinski definition) is 2. The highest BCUT2D eigenvalue weighted by molar-refractivity contribution is 6.35. The van der Waals surface area contributed by atoms with Gasteiger partial charge in [0.05, 0.1) is 34.0 Å². The van der Waals surface area contributed by atoms with E-state index < -0.39 is 6.04 Å². The molecule has 3 aliphatic carbocycles. The Hall–Kier alpha value is -4.13. The SMILES string of the molecule is Cl.Cn1ccc2c([C@H](Nc3nc4c(Cl)cccc4c(NCC(C)(C)C)c3C#N)c3cn(C45CC(C4)C5)nn3)cccc2c1=O. The van der Waals surface area contributed by atoms with Crippen molar-refractivity contribution in [3.05, 3.63) is 87.1 Å². The van der Waals surface area contributed by atoms with Gasteiger partial charge >= 0.3 is 0 Å². The number of hydrogen-bond acceptors (Lipinski definition) is 7. The molecule has 0 amide bonds. The van der Waals surface area contributed by atoms with E-state index in [1.807, 2.05) is 47.3 Å². The van der Waals surface area contributed by atoms with Crippen molar-refractivity contribution in [1.82, 2.24) is 24.5 Å². The van der Waals surface area contributed by atoms with Crippen LogP contribution in [-0.4, -0.2) is 31.1 Å². The Morgan fingerprint density at radius 1 is 1.11 bits per heavy atom. The molecule has 3 aliphatic rings. The number of anilines is 2. The van der Waals surface area contributed by atoms with Gasteiger partial charge in [-0.05, 0) is 59.7 Å². The van der Waals surface area contributed by atoms with E-state index >= 15 is 0 Å². The van der Waals surface area contributed by atoms with E-state index in [9.17, 15) is 10.1 Å². The summed E-state index contributed by atoms with van der Waals surface area (Å²) in [6, 6.07) is 15.1. The van der Waals surface area contributed by atoms with Gasteiger partial charge in [0.1, 0.15) is 23.1 Å². The average Bonchev–Trinajstić information content (AvgIpc) is 3.39. The highest BCUT2D eigenvalue weighted by Crippen LogP contribution is 2.62. The predicted octanol–water partition coefficient (Wildman–Crippen LogP) is 6.79. The number of halogens is 2. The predicted molar refractivity (Wildman–Crippen MR) is 177 cm³/mol. The monoisotopic (exact) mass is 628 g/mol. The maximum atomic E-state index is 13.1. The van der Waals surface area contributed by atoms with Crippen molar-refractivity contribution < 1.29 is 0 Å². The van der Waals surface area contributed by atoms with Crippen molar-refractivity contribution in [3.63, 3.8) is 0 Å². The van der Waals surface area contributed by atoms with E-state index in [1.54, 1.807) is 23.9 Å². The van der Waals surface area contributed by atoms with Gasteiger partial charge in [0, 0.05) is 30.6 Å². The molecule has 11 heteroatoms. The summed E-state index contributed by atoms with van der Waals surface area (Å²) in [5, 5.41) is 29.5. The quantitative estimate of drug-likeness (QED) is 0.204. The van der Waals surface area contributed by atoms with Gasteiger partial charge in [0.25, 0.3) is 5.56 Å². The van der Waals surface area contributed by atoms with Crippen molar-refractivity contribution in [2.75, 3.05) is 17.2 Å². The third-order valence-corrected chi connectivity index (χ3v) is 9.23. The number of nitrogens with zero attached hydrogens (tertiary/aromatic N) is 6. The molecule has 0 aliphatic heterocycles. The van der Waals surface area contributed by atoms with Gasteiger partial charge in [0.2, 0.25) is 0 Å². The van der Waals surface area contributed by atoms with Crippen LogP contribution in [0.4, 0.5) is 11.5 Å². The number of nitriles is 1. The van der Waals surface area contributed by atoms with Gasteiger partial charge in [0.15, 0.2) is 0 Å². The summed E-state index contributed by atoms with van der Waals surface area (Å²) in [6.45, 7) is 7.05. The molecule has 2 aromatic carbocycles. The van der Waals surface area contributed by atoms with E-state index in [4.69, 9.17) is 16.6 Å². The zero-order valence-corrected chi connectivity index (χ0v) is 26.6. The molecule has 0 radical (unpaired) electrons. The Kier molecular flexibility index (Phi) is 7.34. The lowest BCUT2D eigenvalue weighted by Gasteiger charge is -2.61. The molecule has 0 unspecified atom stereocenters. The summed E-state index contributed by atoms with van der Waals surface area (Å²) in [4.78, 5) is 18.0. The Bertz CT molecular complexity index is 2000. The van der Waals surface area contributed by atoms with Gasteiger partial charge in [-0.2, -0.15) is 5.26 Å². The molecule has 3 fully saturated rings. The molecule has 2 N–H and O–H groups in total. The lowest BCUT2D eigenvalue weighted by Crippen LogP contribution is -2.59. The second kappa shape index (κ2) is 10.8. The first-order chi connectivity index (χ1) is 20.6. The zero-order valence-electron chi connectivity index (χ0n) is 25.1. The van der Waals surface area contributed by atoms with Gasteiger partial charge in [-0.15, -0.1) is 17.5 Å². The van der Waals surface area contributed by atoms with Crippen LogP contribution >= 0.6 is 24.0 Å². The second-order valence-corrected chi connectivity index (χ2v) is 13.7. The Morgan fingerprint density at radius 2 is 1.84 bits per heavy atom. The fourth-order valence-electron chi connectivity index (χ4n) is 6.46. The van der Waals surface area contributed by atoms with Crippen LogP contribution in [0, 0.1) is 22.7 Å². The maximum Gasteiger partial charge on any atom is 0.258 e. The smallest absolute Gasteiger partial charge is 0.258 e. The molecule has 3 aromatic heterocycles. The molecule has 0 spiro atoms. The third-order valence-electron chi connectivity index (χ3n) is 8.92. The van der Waals surface area contributed by atoms with Crippen molar-refractivity contribution in [2.45, 2.75) is 51.6 Å². The summed E-state index contributed by atoms with van der Waals surface area (Å²) < 4.78 is 3.58. The fourth-order valence-corrected chi connectivity index (χ4v) is 6.67. The minimum atomic E-state index is -0.549. The van der Waals surface area contributed by atoms with E-state index in [-0.39, 0.29) is 28.9 Å². The van der Waals surface area contributed by atoms with Crippen molar-refractivity contribution >= 4 is 57.2 Å². The molecule has 8 rings (SSSR count). The molecule has 1 atom stereocenters. The maximum absolute atomic E-state index is 13.1. The number of aryl methyl sites for hydroxylation is 1. The minimum Gasteiger partial charge on any atom is -0.383 e. The molecule has 9 nitrogen and oxygen atoms in total. The molecular weight excluding hydrogens is 595 g/mol. The van der Waals surface area contributed by atoms with Crippen LogP contribution in [0.15, 0.2) is 59.7 Å². The average molecular weight is 630 g/mol. The molecule has 5 aromatic rings.